The number of carbonyl (C=O) groups excluding carboxylic acids is 1. The van der Waals surface area contributed by atoms with Crippen LogP contribution in [0.25, 0.3) is 11.0 Å². The predicted octanol–water partition coefficient (Wildman–Crippen LogP) is 3.28. The molecule has 0 fully saturated rings. The average molecular weight is 284 g/mol. The van der Waals surface area contributed by atoms with Gasteiger partial charge < -0.3 is 15.5 Å². The average Bonchev–Trinajstić information content (AvgIpc) is 2.93. The summed E-state index contributed by atoms with van der Waals surface area (Å²) in [4.78, 5) is 12.3. The second-order valence-electron chi connectivity index (χ2n) is 4.61. The molecule has 0 saturated carbocycles. The van der Waals surface area contributed by atoms with Crippen LogP contribution >= 0.6 is 0 Å². The summed E-state index contributed by atoms with van der Waals surface area (Å²) in [5.74, 6) is -0.696. The van der Waals surface area contributed by atoms with E-state index in [1.165, 1.54) is 24.5 Å². The Morgan fingerprint density at radius 2 is 2.05 bits per heavy atom. The molecule has 0 bridgehead atoms. The van der Waals surface area contributed by atoms with Crippen molar-refractivity contribution in [2.75, 3.05) is 5.32 Å². The topological polar surface area (TPSA) is 68.3 Å². The molecule has 1 heterocycles. The van der Waals surface area contributed by atoms with Crippen LogP contribution < -0.4 is 11.1 Å². The van der Waals surface area contributed by atoms with Crippen molar-refractivity contribution in [3.05, 3.63) is 65.7 Å². The number of nitrogens with two attached hydrogens (primary N) is 1. The monoisotopic (exact) mass is 284 g/mol. The van der Waals surface area contributed by atoms with E-state index in [9.17, 15) is 9.18 Å². The van der Waals surface area contributed by atoms with Gasteiger partial charge in [-0.2, -0.15) is 0 Å². The Morgan fingerprint density at radius 3 is 2.86 bits per heavy atom. The van der Waals surface area contributed by atoms with Gasteiger partial charge in [-0.3, -0.25) is 4.79 Å². The summed E-state index contributed by atoms with van der Waals surface area (Å²) < 4.78 is 18.7. The molecule has 0 aliphatic rings. The van der Waals surface area contributed by atoms with Gasteiger partial charge in [-0.25, -0.2) is 4.39 Å². The fourth-order valence-electron chi connectivity index (χ4n) is 2.16. The maximum Gasteiger partial charge on any atom is 0.259 e. The molecule has 3 N–H and O–H groups in total. The third-order valence-corrected chi connectivity index (χ3v) is 3.25. The summed E-state index contributed by atoms with van der Waals surface area (Å²) in [5.41, 5.74) is 7.37. The van der Waals surface area contributed by atoms with Crippen molar-refractivity contribution in [2.24, 2.45) is 5.73 Å². The molecule has 21 heavy (non-hydrogen) atoms. The van der Waals surface area contributed by atoms with E-state index < -0.39 is 0 Å². The molecule has 0 unspecified atom stereocenters. The number of benzene rings is 2. The highest BCUT2D eigenvalue weighted by Crippen LogP contribution is 2.22. The van der Waals surface area contributed by atoms with E-state index in [1.807, 2.05) is 18.2 Å². The zero-order valence-electron chi connectivity index (χ0n) is 11.1. The number of amides is 1. The van der Waals surface area contributed by atoms with Crippen molar-refractivity contribution in [1.29, 1.82) is 0 Å². The van der Waals surface area contributed by atoms with Crippen LogP contribution in [-0.2, 0) is 6.54 Å². The molecule has 0 aliphatic heterocycles. The zero-order chi connectivity index (χ0) is 14.8. The fourth-order valence-corrected chi connectivity index (χ4v) is 2.16. The summed E-state index contributed by atoms with van der Waals surface area (Å²) >= 11 is 0. The van der Waals surface area contributed by atoms with Crippen molar-refractivity contribution < 1.29 is 13.6 Å². The maximum absolute atomic E-state index is 13.4. The quantitative estimate of drug-likeness (QED) is 0.775. The van der Waals surface area contributed by atoms with E-state index in [-0.39, 0.29) is 18.3 Å². The maximum atomic E-state index is 13.4. The predicted molar refractivity (Wildman–Crippen MR) is 78.5 cm³/mol. The first-order valence-electron chi connectivity index (χ1n) is 6.45. The van der Waals surface area contributed by atoms with E-state index in [4.69, 9.17) is 10.2 Å². The second kappa shape index (κ2) is 5.38. The summed E-state index contributed by atoms with van der Waals surface area (Å²) in [6.45, 7) is 0.0736. The number of rotatable bonds is 3. The van der Waals surface area contributed by atoms with Gasteiger partial charge in [-0.15, -0.1) is 0 Å². The first-order chi connectivity index (χ1) is 10.2. The first-order valence-corrected chi connectivity index (χ1v) is 6.45. The van der Waals surface area contributed by atoms with E-state index in [0.29, 0.717) is 22.4 Å². The van der Waals surface area contributed by atoms with Crippen LogP contribution in [0.1, 0.15) is 15.9 Å². The summed E-state index contributed by atoms with van der Waals surface area (Å²) in [7, 11) is 0. The molecule has 0 radical (unpaired) electrons. The van der Waals surface area contributed by atoms with Crippen LogP contribution in [0.3, 0.4) is 0 Å². The lowest BCUT2D eigenvalue weighted by atomic mass is 10.1. The number of furan rings is 1. The number of hydrogen-bond donors (Lipinski definition) is 2. The molecule has 4 nitrogen and oxygen atoms in total. The number of hydrogen-bond acceptors (Lipinski definition) is 3. The fraction of sp³-hybridized carbons (Fsp3) is 0.0625. The van der Waals surface area contributed by atoms with E-state index in [0.717, 1.165) is 5.39 Å². The number of para-hydroxylation sites is 1. The van der Waals surface area contributed by atoms with Crippen LogP contribution in [0, 0.1) is 5.82 Å². The minimum Gasteiger partial charge on any atom is -0.463 e. The van der Waals surface area contributed by atoms with Crippen LogP contribution in [-0.4, -0.2) is 5.91 Å². The molecular weight excluding hydrogens is 271 g/mol. The highest BCUT2D eigenvalue weighted by molar-refractivity contribution is 6.12. The Balaban J connectivity index is 1.89. The molecule has 0 aliphatic carbocycles. The molecule has 3 aromatic rings. The molecule has 1 amide bonds. The zero-order valence-corrected chi connectivity index (χ0v) is 11.1. The highest BCUT2D eigenvalue weighted by atomic mass is 19.1. The van der Waals surface area contributed by atoms with Gasteiger partial charge >= 0.3 is 0 Å². The van der Waals surface area contributed by atoms with Gasteiger partial charge in [0.2, 0.25) is 0 Å². The van der Waals surface area contributed by atoms with E-state index >= 15 is 0 Å². The molecule has 106 valence electrons. The van der Waals surface area contributed by atoms with Gasteiger partial charge in [0, 0.05) is 23.2 Å². The third kappa shape index (κ3) is 2.51. The Labute approximate surface area is 120 Å². The lowest BCUT2D eigenvalue weighted by Crippen LogP contribution is -2.12. The standard InChI is InChI=1S/C16H13FN2O2/c17-14-6-5-11(7-10(14)8-18)19-16(20)13-9-21-15-4-2-1-3-12(13)15/h1-7,9H,8,18H2,(H,19,20). The Morgan fingerprint density at radius 1 is 1.24 bits per heavy atom. The van der Waals surface area contributed by atoms with Crippen molar-refractivity contribution in [2.45, 2.75) is 6.54 Å². The lowest BCUT2D eigenvalue weighted by molar-refractivity contribution is 0.102. The SMILES string of the molecule is NCc1cc(NC(=O)c2coc3ccccc23)ccc1F. The second-order valence-corrected chi connectivity index (χ2v) is 4.61. The van der Waals surface area contributed by atoms with E-state index in [2.05, 4.69) is 5.32 Å². The molecule has 0 spiro atoms. The van der Waals surface area contributed by atoms with Gasteiger partial charge in [0.1, 0.15) is 17.7 Å². The largest absolute Gasteiger partial charge is 0.463 e. The van der Waals surface area contributed by atoms with Crippen LogP contribution in [0.5, 0.6) is 0 Å². The summed E-state index contributed by atoms with van der Waals surface area (Å²) in [6, 6.07) is 11.6. The Bertz CT molecular complexity index is 811. The molecular formula is C16H13FN2O2. The Hall–Kier alpha value is -2.66. The number of anilines is 1. The van der Waals surface area contributed by atoms with Crippen LogP contribution in [0.2, 0.25) is 0 Å². The van der Waals surface area contributed by atoms with Crippen LogP contribution in [0.4, 0.5) is 10.1 Å². The normalized spacial score (nSPS) is 10.8. The molecule has 0 atom stereocenters. The number of nitrogens with one attached hydrogen (secondary N) is 1. The van der Waals surface area contributed by atoms with Crippen molar-refractivity contribution in [1.82, 2.24) is 0 Å². The van der Waals surface area contributed by atoms with Gasteiger partial charge in [-0.1, -0.05) is 18.2 Å². The Kier molecular flexibility index (Phi) is 3.41. The summed E-state index contributed by atoms with van der Waals surface area (Å²) in [6.07, 6.45) is 1.41. The number of carbonyl (C=O) groups is 1. The van der Waals surface area contributed by atoms with Crippen molar-refractivity contribution in [3.63, 3.8) is 0 Å². The van der Waals surface area contributed by atoms with Gasteiger partial charge in [0.25, 0.3) is 5.91 Å². The van der Waals surface area contributed by atoms with Gasteiger partial charge in [0.05, 0.1) is 5.56 Å². The van der Waals surface area contributed by atoms with Crippen molar-refractivity contribution >= 4 is 22.6 Å². The minimum atomic E-state index is -0.385. The van der Waals surface area contributed by atoms with Gasteiger partial charge in [0.15, 0.2) is 0 Å². The molecule has 0 saturated heterocycles. The smallest absolute Gasteiger partial charge is 0.259 e. The lowest BCUT2D eigenvalue weighted by Gasteiger charge is -2.06. The van der Waals surface area contributed by atoms with Crippen molar-refractivity contribution in [3.8, 4) is 0 Å². The summed E-state index contributed by atoms with van der Waals surface area (Å²) in [5, 5.41) is 3.45. The van der Waals surface area contributed by atoms with E-state index in [1.54, 1.807) is 6.07 Å². The van der Waals surface area contributed by atoms with Gasteiger partial charge in [-0.05, 0) is 24.3 Å². The highest BCUT2D eigenvalue weighted by Gasteiger charge is 2.14. The molecule has 1 aromatic heterocycles. The molecule has 5 heteroatoms. The first kappa shape index (κ1) is 13.3. The number of halogens is 1. The number of fused-ring (bicyclic) bond motifs is 1. The third-order valence-electron chi connectivity index (χ3n) is 3.25. The van der Waals surface area contributed by atoms with Crippen LogP contribution in [0.15, 0.2) is 53.1 Å². The molecule has 2 aromatic carbocycles. The minimum absolute atomic E-state index is 0.0736. The molecule has 3 rings (SSSR count).